The fourth-order valence-corrected chi connectivity index (χ4v) is 3.47. The summed E-state index contributed by atoms with van der Waals surface area (Å²) in [5.41, 5.74) is 1.97. The minimum Gasteiger partial charge on any atom is -0.372 e. The highest BCUT2D eigenvalue weighted by Gasteiger charge is 2.15. The van der Waals surface area contributed by atoms with Gasteiger partial charge in [0.1, 0.15) is 5.82 Å². The molecule has 1 N–H and O–H groups in total. The lowest BCUT2D eigenvalue weighted by atomic mass is 10.1. The van der Waals surface area contributed by atoms with E-state index in [1.807, 2.05) is 25.2 Å². The predicted octanol–water partition coefficient (Wildman–Crippen LogP) is 4.98. The van der Waals surface area contributed by atoms with Crippen LogP contribution in [-0.4, -0.2) is 17.0 Å². The fourth-order valence-electron chi connectivity index (χ4n) is 2.06. The van der Waals surface area contributed by atoms with Gasteiger partial charge in [-0.25, -0.2) is 9.97 Å². The number of hydrogen-bond donors (Lipinski definition) is 1. The molecule has 106 valence electrons. The molecule has 2 heterocycles. The summed E-state index contributed by atoms with van der Waals surface area (Å²) >= 11 is 5.31. The normalized spacial score (nSPS) is 10.6. The lowest BCUT2D eigenvalue weighted by molar-refractivity contribution is 1.16. The molecular formula is C16H14BrN3S. The van der Waals surface area contributed by atoms with E-state index < -0.39 is 0 Å². The third-order valence-electron chi connectivity index (χ3n) is 3.10. The Morgan fingerprint density at radius 2 is 1.81 bits per heavy atom. The van der Waals surface area contributed by atoms with Crippen molar-refractivity contribution in [2.24, 2.45) is 0 Å². The van der Waals surface area contributed by atoms with Crippen LogP contribution in [-0.2, 0) is 0 Å². The second kappa shape index (κ2) is 5.95. The number of nitrogens with zero attached hydrogens (tertiary/aromatic N) is 2. The first-order valence-electron chi connectivity index (χ1n) is 6.56. The summed E-state index contributed by atoms with van der Waals surface area (Å²) in [5.74, 6) is 1.55. The molecule has 5 heteroatoms. The van der Waals surface area contributed by atoms with Crippen LogP contribution in [0.2, 0.25) is 0 Å². The van der Waals surface area contributed by atoms with Crippen molar-refractivity contribution in [3.05, 3.63) is 51.8 Å². The van der Waals surface area contributed by atoms with E-state index in [-0.39, 0.29) is 0 Å². The zero-order chi connectivity index (χ0) is 14.8. The van der Waals surface area contributed by atoms with Gasteiger partial charge in [-0.1, -0.05) is 30.3 Å². The van der Waals surface area contributed by atoms with Gasteiger partial charge in [0.25, 0.3) is 0 Å². The second-order valence-corrected chi connectivity index (χ2v) is 6.67. The van der Waals surface area contributed by atoms with Gasteiger partial charge in [-0.15, -0.1) is 11.3 Å². The van der Waals surface area contributed by atoms with E-state index in [9.17, 15) is 0 Å². The van der Waals surface area contributed by atoms with Crippen molar-refractivity contribution < 1.29 is 0 Å². The van der Waals surface area contributed by atoms with E-state index in [1.165, 1.54) is 4.88 Å². The summed E-state index contributed by atoms with van der Waals surface area (Å²) in [6.07, 6.45) is 0. The molecule has 2 aromatic heterocycles. The van der Waals surface area contributed by atoms with Crippen LogP contribution < -0.4 is 5.32 Å². The quantitative estimate of drug-likeness (QED) is 0.716. The standard InChI is InChI=1S/C16H14BrN3S/c1-10-8-9-12(21-10)15-19-14(11-6-4-3-5-7-11)13(17)16(18-2)20-15/h3-9H,1-2H3,(H,18,19,20). The zero-order valence-corrected chi connectivity index (χ0v) is 14.1. The van der Waals surface area contributed by atoms with Gasteiger partial charge in [0.05, 0.1) is 15.0 Å². The summed E-state index contributed by atoms with van der Waals surface area (Å²) in [4.78, 5) is 11.7. The van der Waals surface area contributed by atoms with Gasteiger partial charge in [0.2, 0.25) is 0 Å². The molecule has 21 heavy (non-hydrogen) atoms. The Kier molecular flexibility index (Phi) is 4.03. The van der Waals surface area contributed by atoms with Gasteiger partial charge in [-0.3, -0.25) is 0 Å². The van der Waals surface area contributed by atoms with Crippen molar-refractivity contribution in [1.29, 1.82) is 0 Å². The highest BCUT2D eigenvalue weighted by molar-refractivity contribution is 9.10. The maximum atomic E-state index is 4.75. The average molecular weight is 360 g/mol. The lowest BCUT2D eigenvalue weighted by Gasteiger charge is -2.10. The first-order valence-corrected chi connectivity index (χ1v) is 8.17. The van der Waals surface area contributed by atoms with Gasteiger partial charge >= 0.3 is 0 Å². The van der Waals surface area contributed by atoms with E-state index in [1.54, 1.807) is 11.3 Å². The van der Waals surface area contributed by atoms with E-state index >= 15 is 0 Å². The van der Waals surface area contributed by atoms with Crippen LogP contribution in [0.5, 0.6) is 0 Å². The number of aromatic nitrogens is 2. The van der Waals surface area contributed by atoms with Crippen LogP contribution in [0, 0.1) is 6.92 Å². The Hall–Kier alpha value is -1.72. The maximum absolute atomic E-state index is 4.75. The molecule has 0 atom stereocenters. The Balaban J connectivity index is 2.20. The molecule has 0 aliphatic rings. The third kappa shape index (κ3) is 2.84. The van der Waals surface area contributed by atoms with Gasteiger partial charge in [0, 0.05) is 17.5 Å². The first-order chi connectivity index (χ1) is 10.2. The van der Waals surface area contributed by atoms with Crippen LogP contribution in [0.1, 0.15) is 4.88 Å². The van der Waals surface area contributed by atoms with E-state index in [4.69, 9.17) is 4.98 Å². The molecule has 0 amide bonds. The summed E-state index contributed by atoms with van der Waals surface area (Å²) in [6.45, 7) is 2.09. The van der Waals surface area contributed by atoms with Crippen LogP contribution >= 0.6 is 27.3 Å². The molecule has 3 nitrogen and oxygen atoms in total. The molecule has 0 saturated carbocycles. The summed E-state index contributed by atoms with van der Waals surface area (Å²) in [6, 6.07) is 14.3. The van der Waals surface area contributed by atoms with Crippen LogP contribution in [0.4, 0.5) is 5.82 Å². The topological polar surface area (TPSA) is 37.8 Å². The number of thiophene rings is 1. The molecule has 3 rings (SSSR count). The fraction of sp³-hybridized carbons (Fsp3) is 0.125. The summed E-state index contributed by atoms with van der Waals surface area (Å²) in [5, 5.41) is 3.13. The first kappa shape index (κ1) is 14.2. The van der Waals surface area contributed by atoms with Gasteiger partial charge in [-0.05, 0) is 35.0 Å². The Labute approximate surface area is 136 Å². The minimum absolute atomic E-state index is 0.750. The van der Waals surface area contributed by atoms with Gasteiger partial charge in [0.15, 0.2) is 5.82 Å². The molecule has 0 saturated heterocycles. The highest BCUT2D eigenvalue weighted by atomic mass is 79.9. The van der Waals surface area contributed by atoms with Crippen molar-refractivity contribution in [2.75, 3.05) is 12.4 Å². The molecule has 0 bridgehead atoms. The van der Waals surface area contributed by atoms with E-state index in [2.05, 4.69) is 57.4 Å². The minimum atomic E-state index is 0.750. The number of hydrogen-bond acceptors (Lipinski definition) is 4. The largest absolute Gasteiger partial charge is 0.372 e. The maximum Gasteiger partial charge on any atom is 0.172 e. The molecule has 3 aromatic rings. The molecule has 0 spiro atoms. The summed E-state index contributed by atoms with van der Waals surface area (Å²) < 4.78 is 0.883. The number of anilines is 1. The zero-order valence-electron chi connectivity index (χ0n) is 11.7. The monoisotopic (exact) mass is 359 g/mol. The molecule has 0 fully saturated rings. The third-order valence-corrected chi connectivity index (χ3v) is 4.84. The Bertz CT molecular complexity index is 768. The molecule has 0 unspecified atom stereocenters. The van der Waals surface area contributed by atoms with Crippen molar-refractivity contribution in [3.8, 4) is 22.0 Å². The summed E-state index contributed by atoms with van der Waals surface area (Å²) in [7, 11) is 1.87. The van der Waals surface area contributed by atoms with Gasteiger partial charge in [-0.2, -0.15) is 0 Å². The molecule has 0 aliphatic heterocycles. The number of halogens is 1. The van der Waals surface area contributed by atoms with Gasteiger partial charge < -0.3 is 5.32 Å². The Morgan fingerprint density at radius 3 is 2.43 bits per heavy atom. The Morgan fingerprint density at radius 1 is 1.05 bits per heavy atom. The number of nitrogens with one attached hydrogen (secondary N) is 1. The number of rotatable bonds is 3. The van der Waals surface area contributed by atoms with Crippen molar-refractivity contribution in [2.45, 2.75) is 6.92 Å². The van der Waals surface area contributed by atoms with Crippen LogP contribution in [0.25, 0.3) is 22.0 Å². The lowest BCUT2D eigenvalue weighted by Crippen LogP contribution is -2.00. The SMILES string of the molecule is CNc1nc(-c2ccc(C)s2)nc(-c2ccccc2)c1Br. The number of benzene rings is 1. The second-order valence-electron chi connectivity index (χ2n) is 4.58. The molecular weight excluding hydrogens is 346 g/mol. The molecule has 0 radical (unpaired) electrons. The van der Waals surface area contributed by atoms with E-state index in [0.29, 0.717) is 0 Å². The van der Waals surface area contributed by atoms with Crippen LogP contribution in [0.3, 0.4) is 0 Å². The van der Waals surface area contributed by atoms with Crippen molar-refractivity contribution in [1.82, 2.24) is 9.97 Å². The van der Waals surface area contributed by atoms with Crippen molar-refractivity contribution in [3.63, 3.8) is 0 Å². The van der Waals surface area contributed by atoms with E-state index in [0.717, 1.165) is 32.2 Å². The molecule has 1 aromatic carbocycles. The highest BCUT2D eigenvalue weighted by Crippen LogP contribution is 2.35. The smallest absolute Gasteiger partial charge is 0.172 e. The average Bonchev–Trinajstić information content (AvgIpc) is 2.95. The van der Waals surface area contributed by atoms with Crippen LogP contribution in [0.15, 0.2) is 46.9 Å². The predicted molar refractivity (Wildman–Crippen MR) is 92.8 cm³/mol. The molecule has 0 aliphatic carbocycles. The van der Waals surface area contributed by atoms with Crippen molar-refractivity contribution >= 4 is 33.1 Å². The number of aryl methyl sites for hydroxylation is 1.